The molecule has 0 fully saturated rings. The number of carbonyl (C=O) groups excluding carboxylic acids is 2. The Morgan fingerprint density at radius 1 is 1.21 bits per heavy atom. The van der Waals surface area contributed by atoms with Gasteiger partial charge >= 0.3 is 0 Å². The zero-order chi connectivity index (χ0) is 17.3. The number of aromatic nitrogens is 1. The fourth-order valence-corrected chi connectivity index (χ4v) is 3.30. The van der Waals surface area contributed by atoms with Gasteiger partial charge in [-0.1, -0.05) is 5.16 Å². The second-order valence-electron chi connectivity index (χ2n) is 6.27. The summed E-state index contributed by atoms with van der Waals surface area (Å²) in [5.41, 5.74) is 2.88. The molecule has 3 rings (SSSR count). The third-order valence-corrected chi connectivity index (χ3v) is 4.54. The lowest BCUT2D eigenvalue weighted by Crippen LogP contribution is -2.27. The minimum Gasteiger partial charge on any atom is -0.465 e. The molecule has 1 aliphatic rings. The van der Waals surface area contributed by atoms with Gasteiger partial charge in [0.15, 0.2) is 5.78 Å². The van der Waals surface area contributed by atoms with Crippen LogP contribution in [-0.4, -0.2) is 23.4 Å². The van der Waals surface area contributed by atoms with Gasteiger partial charge in [0.25, 0.3) is 5.91 Å². The van der Waals surface area contributed by atoms with Crippen molar-refractivity contribution in [1.82, 2.24) is 10.5 Å². The Kier molecular flexibility index (Phi) is 4.55. The van der Waals surface area contributed by atoms with Crippen LogP contribution in [0.4, 0.5) is 0 Å². The number of nitrogens with one attached hydrogen (secondary N) is 1. The van der Waals surface area contributed by atoms with Gasteiger partial charge in [0.05, 0.1) is 16.8 Å². The fourth-order valence-electron chi connectivity index (χ4n) is 3.30. The largest absolute Gasteiger partial charge is 0.465 e. The van der Waals surface area contributed by atoms with Gasteiger partial charge in [0.2, 0.25) is 0 Å². The zero-order valence-electron chi connectivity index (χ0n) is 14.3. The lowest BCUT2D eigenvalue weighted by molar-refractivity contribution is 0.0927. The van der Waals surface area contributed by atoms with Crippen LogP contribution in [0.1, 0.15) is 68.5 Å². The number of hydrogen-bond donors (Lipinski definition) is 1. The fraction of sp³-hybridized carbons (Fsp3) is 0.500. The van der Waals surface area contributed by atoms with Gasteiger partial charge in [0, 0.05) is 24.9 Å². The zero-order valence-corrected chi connectivity index (χ0v) is 14.3. The highest BCUT2D eigenvalue weighted by Crippen LogP contribution is 2.29. The highest BCUT2D eigenvalue weighted by molar-refractivity contribution is 6.09. The quantitative estimate of drug-likeness (QED) is 0.852. The van der Waals surface area contributed by atoms with Crippen LogP contribution in [0.5, 0.6) is 0 Å². The maximum Gasteiger partial charge on any atom is 0.255 e. The lowest BCUT2D eigenvalue weighted by atomic mass is 9.93. The average molecular weight is 330 g/mol. The van der Waals surface area contributed by atoms with E-state index in [2.05, 4.69) is 10.5 Å². The number of amides is 1. The summed E-state index contributed by atoms with van der Waals surface area (Å²) in [6.45, 7) is 6.07. The number of fused-ring (bicyclic) bond motifs is 1. The smallest absolute Gasteiger partial charge is 0.255 e. The highest BCUT2D eigenvalue weighted by Gasteiger charge is 2.30. The Hall–Kier alpha value is -2.37. The number of ketones is 1. The average Bonchev–Trinajstić information content (AvgIpc) is 3.04. The van der Waals surface area contributed by atoms with E-state index in [-0.39, 0.29) is 11.7 Å². The third kappa shape index (κ3) is 3.00. The summed E-state index contributed by atoms with van der Waals surface area (Å²) in [5, 5.41) is 6.82. The first kappa shape index (κ1) is 16.5. The van der Waals surface area contributed by atoms with Gasteiger partial charge in [-0.05, 0) is 40.0 Å². The summed E-state index contributed by atoms with van der Waals surface area (Å²) in [7, 11) is 0. The molecule has 6 heteroatoms. The van der Waals surface area contributed by atoms with E-state index < -0.39 is 0 Å². The Morgan fingerprint density at radius 3 is 2.71 bits per heavy atom. The Bertz CT molecular complexity index is 766. The molecule has 0 aromatic carbocycles. The molecule has 1 N–H and O–H groups in total. The third-order valence-electron chi connectivity index (χ3n) is 4.54. The first-order valence-electron chi connectivity index (χ1n) is 8.34. The predicted molar refractivity (Wildman–Crippen MR) is 87.3 cm³/mol. The van der Waals surface area contributed by atoms with Crippen LogP contribution >= 0.6 is 0 Å². The number of rotatable bonds is 5. The van der Waals surface area contributed by atoms with Gasteiger partial charge in [0.1, 0.15) is 17.3 Å². The number of aryl methyl sites for hydroxylation is 4. The second-order valence-corrected chi connectivity index (χ2v) is 6.27. The van der Waals surface area contributed by atoms with E-state index in [0.717, 1.165) is 42.7 Å². The second kappa shape index (κ2) is 6.63. The topological polar surface area (TPSA) is 85.3 Å². The molecule has 0 atom stereocenters. The number of furan rings is 1. The van der Waals surface area contributed by atoms with Gasteiger partial charge in [-0.25, -0.2) is 0 Å². The van der Waals surface area contributed by atoms with Crippen LogP contribution < -0.4 is 5.32 Å². The monoisotopic (exact) mass is 330 g/mol. The van der Waals surface area contributed by atoms with Crippen LogP contribution in [0.3, 0.4) is 0 Å². The Morgan fingerprint density at radius 2 is 2.00 bits per heavy atom. The van der Waals surface area contributed by atoms with Gasteiger partial charge in [-0.3, -0.25) is 9.59 Å². The maximum atomic E-state index is 12.5. The molecule has 6 nitrogen and oxygen atoms in total. The van der Waals surface area contributed by atoms with E-state index >= 15 is 0 Å². The standard InChI is InChI=1S/C18H22N2O4/c1-10-13(11(2)24-20-10)6-5-9-19-18(22)16-12(3)23-15-8-4-7-14(21)17(15)16/h4-9H2,1-3H3,(H,19,22). The Labute approximate surface area is 140 Å². The summed E-state index contributed by atoms with van der Waals surface area (Å²) in [5.74, 6) is 1.78. The molecule has 1 aliphatic carbocycles. The van der Waals surface area contributed by atoms with Crippen molar-refractivity contribution in [2.24, 2.45) is 0 Å². The molecule has 0 saturated carbocycles. The molecule has 1 amide bonds. The molecule has 0 saturated heterocycles. The van der Waals surface area contributed by atoms with Crippen molar-refractivity contribution in [2.75, 3.05) is 6.54 Å². The van der Waals surface area contributed by atoms with Crippen molar-refractivity contribution in [3.63, 3.8) is 0 Å². The van der Waals surface area contributed by atoms with Crippen molar-refractivity contribution in [1.29, 1.82) is 0 Å². The van der Waals surface area contributed by atoms with Crippen LogP contribution in [0.15, 0.2) is 8.94 Å². The first-order valence-corrected chi connectivity index (χ1v) is 8.34. The highest BCUT2D eigenvalue weighted by atomic mass is 16.5. The van der Waals surface area contributed by atoms with E-state index in [9.17, 15) is 9.59 Å². The molecule has 0 bridgehead atoms. The Balaban J connectivity index is 1.62. The van der Waals surface area contributed by atoms with Crippen molar-refractivity contribution in [3.8, 4) is 0 Å². The SMILES string of the molecule is Cc1noc(C)c1CCCNC(=O)c1c(C)oc2c1C(=O)CCC2. The van der Waals surface area contributed by atoms with Crippen LogP contribution in [0.2, 0.25) is 0 Å². The van der Waals surface area contributed by atoms with E-state index in [0.29, 0.717) is 35.6 Å². The van der Waals surface area contributed by atoms with Gasteiger partial charge < -0.3 is 14.3 Å². The van der Waals surface area contributed by atoms with Crippen molar-refractivity contribution in [2.45, 2.75) is 52.9 Å². The molecule has 2 aromatic rings. The van der Waals surface area contributed by atoms with E-state index in [1.54, 1.807) is 6.92 Å². The van der Waals surface area contributed by atoms with Gasteiger partial charge in [-0.2, -0.15) is 0 Å². The minimum absolute atomic E-state index is 0.00831. The molecule has 0 aliphatic heterocycles. The molecular formula is C18H22N2O4. The van der Waals surface area contributed by atoms with E-state index in [1.807, 2.05) is 13.8 Å². The molecule has 0 unspecified atom stereocenters. The number of carbonyl (C=O) groups is 2. The molecule has 0 radical (unpaired) electrons. The minimum atomic E-state index is -0.230. The van der Waals surface area contributed by atoms with Crippen molar-refractivity contribution >= 4 is 11.7 Å². The maximum absolute atomic E-state index is 12.5. The van der Waals surface area contributed by atoms with Crippen LogP contribution in [-0.2, 0) is 12.8 Å². The lowest BCUT2D eigenvalue weighted by Gasteiger charge is -2.10. The molecule has 2 aromatic heterocycles. The molecule has 24 heavy (non-hydrogen) atoms. The van der Waals surface area contributed by atoms with Crippen molar-refractivity contribution < 1.29 is 18.5 Å². The summed E-state index contributed by atoms with van der Waals surface area (Å²) >= 11 is 0. The first-order chi connectivity index (χ1) is 11.5. The number of hydrogen-bond acceptors (Lipinski definition) is 5. The van der Waals surface area contributed by atoms with E-state index in [1.165, 1.54) is 0 Å². The number of nitrogens with zero attached hydrogens (tertiary/aromatic N) is 1. The van der Waals surface area contributed by atoms with Gasteiger partial charge in [-0.15, -0.1) is 0 Å². The van der Waals surface area contributed by atoms with Crippen LogP contribution in [0.25, 0.3) is 0 Å². The summed E-state index contributed by atoms with van der Waals surface area (Å²) < 4.78 is 10.8. The summed E-state index contributed by atoms with van der Waals surface area (Å²) in [6.07, 6.45) is 3.57. The molecular weight excluding hydrogens is 308 g/mol. The van der Waals surface area contributed by atoms with Crippen LogP contribution in [0, 0.1) is 20.8 Å². The molecule has 128 valence electrons. The summed E-state index contributed by atoms with van der Waals surface area (Å²) in [4.78, 5) is 24.6. The molecule has 0 spiro atoms. The normalized spacial score (nSPS) is 13.9. The van der Waals surface area contributed by atoms with Crippen molar-refractivity contribution in [3.05, 3.63) is 39.7 Å². The summed E-state index contributed by atoms with van der Waals surface area (Å²) in [6, 6.07) is 0. The number of Topliss-reactive ketones (excluding diaryl/α,β-unsaturated/α-hetero) is 1. The van der Waals surface area contributed by atoms with E-state index in [4.69, 9.17) is 8.94 Å². The predicted octanol–water partition coefficient (Wildman–Crippen LogP) is 3.07. The molecule has 2 heterocycles.